The number of aryl methyl sites for hydroxylation is 1. The number of nitrogens with zero attached hydrogens (tertiary/aromatic N) is 3. The molecule has 0 unspecified atom stereocenters. The Morgan fingerprint density at radius 2 is 2.12 bits per heavy atom. The van der Waals surface area contributed by atoms with Gasteiger partial charge in [0.15, 0.2) is 17.4 Å². The maximum Gasteiger partial charge on any atom is 0.194 e. The smallest absolute Gasteiger partial charge is 0.194 e. The monoisotopic (exact) mass is 357 g/mol. The van der Waals surface area contributed by atoms with Crippen LogP contribution in [-0.4, -0.2) is 34.7 Å². The molecular formula is C19H23N3O2S. The average molecular weight is 357 g/mol. The van der Waals surface area contributed by atoms with Crippen molar-refractivity contribution in [3.05, 3.63) is 59.1 Å². The molecule has 2 aromatic heterocycles. The Morgan fingerprint density at radius 3 is 2.88 bits per heavy atom. The number of hydrogen-bond donors (Lipinski definition) is 0. The molecule has 0 fully saturated rings. The average Bonchev–Trinajstić information content (AvgIpc) is 3.20. The Bertz CT molecular complexity index is 826. The van der Waals surface area contributed by atoms with E-state index < -0.39 is 0 Å². The van der Waals surface area contributed by atoms with Crippen LogP contribution < -0.4 is 0 Å². The molecule has 25 heavy (non-hydrogen) atoms. The van der Waals surface area contributed by atoms with Gasteiger partial charge in [0.2, 0.25) is 0 Å². The van der Waals surface area contributed by atoms with Crippen LogP contribution in [0.4, 0.5) is 0 Å². The van der Waals surface area contributed by atoms with E-state index in [0.717, 1.165) is 28.9 Å². The van der Waals surface area contributed by atoms with Crippen molar-refractivity contribution < 1.29 is 9.15 Å². The molecule has 0 aliphatic carbocycles. The molecule has 1 aromatic carbocycles. The van der Waals surface area contributed by atoms with Gasteiger partial charge in [0.05, 0.1) is 18.9 Å². The van der Waals surface area contributed by atoms with Crippen LogP contribution in [0.15, 0.2) is 40.8 Å². The fourth-order valence-corrected chi connectivity index (χ4v) is 3.12. The summed E-state index contributed by atoms with van der Waals surface area (Å²) in [7, 11) is 1.69. The highest BCUT2D eigenvalue weighted by Gasteiger charge is 2.16. The van der Waals surface area contributed by atoms with Crippen molar-refractivity contribution in [2.24, 2.45) is 0 Å². The van der Waals surface area contributed by atoms with Gasteiger partial charge >= 0.3 is 0 Å². The first kappa shape index (κ1) is 17.8. The number of rotatable bonds is 8. The second-order valence-electron chi connectivity index (χ2n) is 5.94. The fraction of sp³-hybridized carbons (Fsp3) is 0.368. The van der Waals surface area contributed by atoms with E-state index in [1.165, 1.54) is 11.1 Å². The van der Waals surface area contributed by atoms with Crippen LogP contribution in [0.25, 0.3) is 11.6 Å². The zero-order chi connectivity index (χ0) is 17.6. The quantitative estimate of drug-likeness (QED) is 0.611. The molecular weight excluding hydrogens is 334 g/mol. The first-order valence-corrected chi connectivity index (χ1v) is 9.65. The Morgan fingerprint density at radius 1 is 1.24 bits per heavy atom. The minimum absolute atomic E-state index is 0.601. The van der Waals surface area contributed by atoms with Gasteiger partial charge < -0.3 is 9.15 Å². The summed E-state index contributed by atoms with van der Waals surface area (Å²) in [5, 5.41) is 4.66. The van der Waals surface area contributed by atoms with Gasteiger partial charge in [0.1, 0.15) is 5.76 Å². The van der Waals surface area contributed by atoms with Gasteiger partial charge in [0, 0.05) is 13.5 Å². The van der Waals surface area contributed by atoms with Gasteiger partial charge in [-0.3, -0.25) is 0 Å². The Hall–Kier alpha value is -2.05. The van der Waals surface area contributed by atoms with E-state index in [4.69, 9.17) is 9.15 Å². The third kappa shape index (κ3) is 4.52. The second kappa shape index (κ2) is 8.36. The van der Waals surface area contributed by atoms with Gasteiger partial charge in [-0.2, -0.15) is 16.9 Å². The molecule has 0 N–H and O–H groups in total. The van der Waals surface area contributed by atoms with Crippen molar-refractivity contribution in [3.8, 4) is 11.6 Å². The lowest BCUT2D eigenvalue weighted by molar-refractivity contribution is 0.200. The lowest BCUT2D eigenvalue weighted by atomic mass is 10.1. The molecule has 3 aromatic rings. The summed E-state index contributed by atoms with van der Waals surface area (Å²) in [6, 6.07) is 12.4. The van der Waals surface area contributed by atoms with Gasteiger partial charge in [-0.1, -0.05) is 29.8 Å². The predicted octanol–water partition coefficient (Wildman–Crippen LogP) is 3.95. The van der Waals surface area contributed by atoms with Crippen molar-refractivity contribution in [3.63, 3.8) is 0 Å². The Balaban J connectivity index is 1.92. The molecule has 0 bridgehead atoms. The first-order chi connectivity index (χ1) is 12.2. The Labute approximate surface area is 152 Å². The number of hydrogen-bond acceptors (Lipinski definition) is 5. The van der Waals surface area contributed by atoms with Crippen LogP contribution in [-0.2, 0) is 23.5 Å². The summed E-state index contributed by atoms with van der Waals surface area (Å²) < 4.78 is 13.0. The first-order valence-electron chi connectivity index (χ1n) is 8.26. The molecule has 2 heterocycles. The lowest BCUT2D eigenvalue weighted by Gasteiger charge is -2.05. The van der Waals surface area contributed by atoms with E-state index in [1.807, 2.05) is 16.8 Å². The molecule has 0 aliphatic rings. The summed E-state index contributed by atoms with van der Waals surface area (Å²) in [6.45, 7) is 3.36. The summed E-state index contributed by atoms with van der Waals surface area (Å²) in [5.41, 5.74) is 2.43. The molecule has 3 rings (SSSR count). The number of methoxy groups -OCH3 is 1. The standard InChI is InChI=1S/C19H23N3O2S/c1-14-5-4-6-15(11-14)12-22-19(20-18(21-22)9-10-23-2)17-8-7-16(24-17)13-25-3/h4-8,11H,9-10,12-13H2,1-3H3. The maximum absolute atomic E-state index is 5.95. The van der Waals surface area contributed by atoms with Crippen molar-refractivity contribution >= 4 is 11.8 Å². The Kier molecular flexibility index (Phi) is 5.94. The minimum Gasteiger partial charge on any atom is -0.457 e. The molecule has 0 amide bonds. The van der Waals surface area contributed by atoms with Crippen LogP contribution in [0.2, 0.25) is 0 Å². The SMILES string of the molecule is COCCc1nc(-c2ccc(CSC)o2)n(Cc2cccc(C)c2)n1. The third-order valence-corrected chi connectivity index (χ3v) is 4.40. The van der Waals surface area contributed by atoms with Crippen LogP contribution in [0.5, 0.6) is 0 Å². The predicted molar refractivity (Wildman–Crippen MR) is 101 cm³/mol. The van der Waals surface area contributed by atoms with Crippen molar-refractivity contribution in [2.45, 2.75) is 25.6 Å². The third-order valence-electron chi connectivity index (χ3n) is 3.83. The number of ether oxygens (including phenoxy) is 1. The molecule has 0 atom stereocenters. The van der Waals surface area contributed by atoms with E-state index in [9.17, 15) is 0 Å². The van der Waals surface area contributed by atoms with Gasteiger partial charge in [-0.25, -0.2) is 9.67 Å². The fourth-order valence-electron chi connectivity index (χ4n) is 2.68. The van der Waals surface area contributed by atoms with Gasteiger partial charge in [-0.05, 0) is 30.9 Å². The number of benzene rings is 1. The molecule has 0 saturated carbocycles. The molecule has 0 aliphatic heterocycles. The van der Waals surface area contributed by atoms with E-state index >= 15 is 0 Å². The zero-order valence-corrected chi connectivity index (χ0v) is 15.7. The van der Waals surface area contributed by atoms with Gasteiger partial charge in [0.25, 0.3) is 0 Å². The lowest BCUT2D eigenvalue weighted by Crippen LogP contribution is -2.05. The molecule has 0 spiro atoms. The van der Waals surface area contributed by atoms with Crippen LogP contribution in [0.3, 0.4) is 0 Å². The highest BCUT2D eigenvalue weighted by atomic mass is 32.2. The van der Waals surface area contributed by atoms with Crippen molar-refractivity contribution in [2.75, 3.05) is 20.0 Å². The summed E-state index contributed by atoms with van der Waals surface area (Å²) >= 11 is 1.73. The van der Waals surface area contributed by atoms with E-state index in [-0.39, 0.29) is 0 Å². The van der Waals surface area contributed by atoms with Crippen LogP contribution in [0, 0.1) is 6.92 Å². The second-order valence-corrected chi connectivity index (χ2v) is 6.81. The minimum atomic E-state index is 0.601. The van der Waals surface area contributed by atoms with Crippen LogP contribution in [0.1, 0.15) is 22.7 Å². The molecule has 132 valence electrons. The highest BCUT2D eigenvalue weighted by Crippen LogP contribution is 2.23. The van der Waals surface area contributed by atoms with Crippen molar-refractivity contribution in [1.29, 1.82) is 0 Å². The van der Waals surface area contributed by atoms with Gasteiger partial charge in [-0.15, -0.1) is 0 Å². The maximum atomic E-state index is 5.95. The normalized spacial score (nSPS) is 11.2. The van der Waals surface area contributed by atoms with E-state index in [2.05, 4.69) is 47.5 Å². The number of thioether (sulfide) groups is 1. The molecule has 0 saturated heterocycles. The topological polar surface area (TPSA) is 53.1 Å². The highest BCUT2D eigenvalue weighted by molar-refractivity contribution is 7.97. The van der Waals surface area contributed by atoms with Crippen molar-refractivity contribution in [1.82, 2.24) is 14.8 Å². The summed E-state index contributed by atoms with van der Waals surface area (Å²) in [4.78, 5) is 4.68. The molecule has 6 heteroatoms. The molecule has 5 nitrogen and oxygen atoms in total. The van der Waals surface area contributed by atoms with E-state index in [0.29, 0.717) is 19.6 Å². The van der Waals surface area contributed by atoms with Crippen LogP contribution >= 0.6 is 11.8 Å². The number of furan rings is 1. The number of aromatic nitrogens is 3. The van der Waals surface area contributed by atoms with E-state index in [1.54, 1.807) is 18.9 Å². The molecule has 0 radical (unpaired) electrons. The summed E-state index contributed by atoms with van der Waals surface area (Å²) in [6.07, 6.45) is 2.74. The zero-order valence-electron chi connectivity index (χ0n) is 14.9. The largest absolute Gasteiger partial charge is 0.457 e. The summed E-state index contributed by atoms with van der Waals surface area (Å²) in [5.74, 6) is 4.09.